The molecule has 7 heteroatoms. The van der Waals surface area contributed by atoms with Gasteiger partial charge in [0.05, 0.1) is 6.10 Å². The van der Waals surface area contributed by atoms with Crippen LogP contribution in [0.3, 0.4) is 0 Å². The number of alkyl halides is 3. The number of amides is 1. The molecule has 1 heterocycles. The molecule has 0 bridgehead atoms. The van der Waals surface area contributed by atoms with Crippen molar-refractivity contribution in [3.05, 3.63) is 0 Å². The Kier molecular flexibility index (Phi) is 5.87. The van der Waals surface area contributed by atoms with E-state index >= 15 is 0 Å². The SMILES string of the molecule is O=C(CC1CCNC1)NC1CCCC(OCC(F)(F)F)C1. The van der Waals surface area contributed by atoms with E-state index in [0.29, 0.717) is 25.2 Å². The summed E-state index contributed by atoms with van der Waals surface area (Å²) in [6.45, 7) is 0.621. The molecule has 2 rings (SSSR count). The zero-order valence-corrected chi connectivity index (χ0v) is 12.0. The lowest BCUT2D eigenvalue weighted by molar-refractivity contribution is -0.188. The molecule has 1 amide bonds. The fourth-order valence-corrected chi connectivity index (χ4v) is 3.08. The highest BCUT2D eigenvalue weighted by atomic mass is 19.4. The van der Waals surface area contributed by atoms with Gasteiger partial charge >= 0.3 is 6.18 Å². The van der Waals surface area contributed by atoms with Crippen molar-refractivity contribution in [1.82, 2.24) is 10.6 Å². The second-order valence-corrected chi connectivity index (χ2v) is 6.04. The molecule has 1 aliphatic heterocycles. The number of hydrogen-bond acceptors (Lipinski definition) is 3. The number of hydrogen-bond donors (Lipinski definition) is 2. The van der Waals surface area contributed by atoms with Crippen molar-refractivity contribution in [2.75, 3.05) is 19.7 Å². The number of carbonyl (C=O) groups is 1. The van der Waals surface area contributed by atoms with Gasteiger partial charge in [0.2, 0.25) is 5.91 Å². The maximum Gasteiger partial charge on any atom is 0.411 e. The van der Waals surface area contributed by atoms with E-state index in [4.69, 9.17) is 4.74 Å². The molecule has 0 aromatic rings. The molecule has 0 aromatic carbocycles. The average Bonchev–Trinajstić information content (AvgIpc) is 2.88. The monoisotopic (exact) mass is 308 g/mol. The fraction of sp³-hybridized carbons (Fsp3) is 0.929. The van der Waals surface area contributed by atoms with Gasteiger partial charge in [-0.1, -0.05) is 0 Å². The number of rotatable bonds is 5. The van der Waals surface area contributed by atoms with E-state index < -0.39 is 18.9 Å². The average molecular weight is 308 g/mol. The first-order valence-corrected chi connectivity index (χ1v) is 7.61. The third kappa shape index (κ3) is 6.22. The molecule has 0 aromatic heterocycles. The Balaban J connectivity index is 1.69. The number of carbonyl (C=O) groups excluding carboxylic acids is 1. The summed E-state index contributed by atoms with van der Waals surface area (Å²) in [5, 5.41) is 6.16. The molecule has 1 saturated carbocycles. The zero-order chi connectivity index (χ0) is 15.3. The maximum absolute atomic E-state index is 12.1. The third-order valence-corrected chi connectivity index (χ3v) is 4.11. The highest BCUT2D eigenvalue weighted by Gasteiger charge is 2.31. The third-order valence-electron chi connectivity index (χ3n) is 4.11. The topological polar surface area (TPSA) is 50.4 Å². The van der Waals surface area contributed by atoms with Crippen molar-refractivity contribution in [1.29, 1.82) is 0 Å². The van der Waals surface area contributed by atoms with Gasteiger partial charge in [0.25, 0.3) is 0 Å². The molecule has 122 valence electrons. The van der Waals surface area contributed by atoms with E-state index in [2.05, 4.69) is 10.6 Å². The van der Waals surface area contributed by atoms with Crippen LogP contribution in [-0.4, -0.2) is 43.9 Å². The molecule has 21 heavy (non-hydrogen) atoms. The van der Waals surface area contributed by atoms with Crippen LogP contribution in [0.4, 0.5) is 13.2 Å². The van der Waals surface area contributed by atoms with Gasteiger partial charge in [0, 0.05) is 12.5 Å². The van der Waals surface area contributed by atoms with Crippen LogP contribution in [0.15, 0.2) is 0 Å². The minimum Gasteiger partial charge on any atom is -0.369 e. The molecule has 2 N–H and O–H groups in total. The Hall–Kier alpha value is -0.820. The largest absolute Gasteiger partial charge is 0.411 e. The highest BCUT2D eigenvalue weighted by Crippen LogP contribution is 2.24. The molecule has 2 aliphatic rings. The summed E-state index contributed by atoms with van der Waals surface area (Å²) in [5.74, 6) is 0.385. The molecule has 4 nitrogen and oxygen atoms in total. The summed E-state index contributed by atoms with van der Waals surface area (Å²) < 4.78 is 41.3. The Bertz CT molecular complexity index is 344. The maximum atomic E-state index is 12.1. The lowest BCUT2D eigenvalue weighted by atomic mass is 9.92. The second-order valence-electron chi connectivity index (χ2n) is 6.04. The number of ether oxygens (including phenoxy) is 1. The fourth-order valence-electron chi connectivity index (χ4n) is 3.08. The molecular formula is C14H23F3N2O2. The lowest BCUT2D eigenvalue weighted by Gasteiger charge is -2.30. The summed E-state index contributed by atoms with van der Waals surface area (Å²) in [6.07, 6.45) is -0.462. The first-order chi connectivity index (χ1) is 9.92. The quantitative estimate of drug-likeness (QED) is 0.817. The smallest absolute Gasteiger partial charge is 0.369 e. The van der Waals surface area contributed by atoms with Crippen molar-refractivity contribution in [3.63, 3.8) is 0 Å². The predicted molar refractivity (Wildman–Crippen MR) is 71.8 cm³/mol. The van der Waals surface area contributed by atoms with E-state index in [1.54, 1.807) is 0 Å². The van der Waals surface area contributed by atoms with Gasteiger partial charge in [-0.25, -0.2) is 0 Å². The lowest BCUT2D eigenvalue weighted by Crippen LogP contribution is -2.41. The zero-order valence-electron chi connectivity index (χ0n) is 12.0. The highest BCUT2D eigenvalue weighted by molar-refractivity contribution is 5.76. The van der Waals surface area contributed by atoms with Crippen LogP contribution in [0, 0.1) is 5.92 Å². The Morgan fingerprint density at radius 1 is 1.29 bits per heavy atom. The van der Waals surface area contributed by atoms with Crippen LogP contribution in [0.25, 0.3) is 0 Å². The second kappa shape index (κ2) is 7.45. The van der Waals surface area contributed by atoms with Crippen LogP contribution in [0.2, 0.25) is 0 Å². The van der Waals surface area contributed by atoms with Gasteiger partial charge in [0.15, 0.2) is 0 Å². The van der Waals surface area contributed by atoms with Gasteiger partial charge < -0.3 is 15.4 Å². The molecule has 1 aliphatic carbocycles. The summed E-state index contributed by atoms with van der Waals surface area (Å²) >= 11 is 0. The molecule has 0 radical (unpaired) electrons. The van der Waals surface area contributed by atoms with E-state index in [9.17, 15) is 18.0 Å². The summed E-state index contributed by atoms with van der Waals surface area (Å²) in [5.41, 5.74) is 0. The minimum absolute atomic E-state index is 0.00479. The summed E-state index contributed by atoms with van der Waals surface area (Å²) in [6, 6.07) is -0.0566. The van der Waals surface area contributed by atoms with Crippen molar-refractivity contribution in [2.24, 2.45) is 5.92 Å². The van der Waals surface area contributed by atoms with Gasteiger partial charge in [0.1, 0.15) is 6.61 Å². The van der Waals surface area contributed by atoms with Crippen LogP contribution >= 0.6 is 0 Å². The number of halogens is 3. The van der Waals surface area contributed by atoms with E-state index in [-0.39, 0.29) is 11.9 Å². The Morgan fingerprint density at radius 2 is 2.10 bits per heavy atom. The van der Waals surface area contributed by atoms with Crippen LogP contribution in [-0.2, 0) is 9.53 Å². The predicted octanol–water partition coefficient (Wildman–Crippen LogP) is 1.99. The Labute approximate surface area is 122 Å². The van der Waals surface area contributed by atoms with E-state index in [1.807, 2.05) is 0 Å². The van der Waals surface area contributed by atoms with Crippen LogP contribution in [0.1, 0.15) is 38.5 Å². The van der Waals surface area contributed by atoms with Crippen molar-refractivity contribution >= 4 is 5.91 Å². The van der Waals surface area contributed by atoms with Gasteiger partial charge in [-0.15, -0.1) is 0 Å². The standard InChI is InChI=1S/C14H23F3N2O2/c15-14(16,17)9-21-12-3-1-2-11(7-12)19-13(20)6-10-4-5-18-8-10/h10-12,18H,1-9H2,(H,19,20). The first kappa shape index (κ1) is 16.5. The normalized spacial score (nSPS) is 30.3. The van der Waals surface area contributed by atoms with Crippen molar-refractivity contribution < 1.29 is 22.7 Å². The van der Waals surface area contributed by atoms with Crippen molar-refractivity contribution in [2.45, 2.75) is 56.8 Å². The molecule has 3 atom stereocenters. The molecule has 1 saturated heterocycles. The molecule has 0 spiro atoms. The molecular weight excluding hydrogens is 285 g/mol. The van der Waals surface area contributed by atoms with Gasteiger partial charge in [-0.3, -0.25) is 4.79 Å². The summed E-state index contributed by atoms with van der Waals surface area (Å²) in [4.78, 5) is 11.9. The van der Waals surface area contributed by atoms with Crippen LogP contribution < -0.4 is 10.6 Å². The molecule has 2 fully saturated rings. The van der Waals surface area contributed by atoms with Crippen LogP contribution in [0.5, 0.6) is 0 Å². The van der Waals surface area contributed by atoms with Gasteiger partial charge in [-0.05, 0) is 51.1 Å². The first-order valence-electron chi connectivity index (χ1n) is 7.61. The minimum atomic E-state index is -4.29. The van der Waals surface area contributed by atoms with E-state index in [0.717, 1.165) is 32.4 Å². The summed E-state index contributed by atoms with van der Waals surface area (Å²) in [7, 11) is 0. The number of nitrogens with one attached hydrogen (secondary N) is 2. The molecule has 3 unspecified atom stereocenters. The van der Waals surface area contributed by atoms with E-state index in [1.165, 1.54) is 0 Å². The van der Waals surface area contributed by atoms with Gasteiger partial charge in [-0.2, -0.15) is 13.2 Å². The Morgan fingerprint density at radius 3 is 2.76 bits per heavy atom. The van der Waals surface area contributed by atoms with Crippen molar-refractivity contribution in [3.8, 4) is 0 Å².